The molecule has 7 nitrogen and oxygen atoms in total. The van der Waals surface area contributed by atoms with Gasteiger partial charge in [0, 0.05) is 31.3 Å². The Balaban J connectivity index is 1.43. The summed E-state index contributed by atoms with van der Waals surface area (Å²) in [5.74, 6) is 1.08. The zero-order valence-corrected chi connectivity index (χ0v) is 18.5. The Morgan fingerprint density at radius 2 is 1.84 bits per heavy atom. The predicted octanol–water partition coefficient (Wildman–Crippen LogP) is 3.85. The third-order valence-corrected chi connectivity index (χ3v) is 5.60. The van der Waals surface area contributed by atoms with Gasteiger partial charge in [-0.3, -0.25) is 9.69 Å². The molecule has 3 aromatic rings. The van der Waals surface area contributed by atoms with Crippen LogP contribution in [0.2, 0.25) is 0 Å². The van der Waals surface area contributed by atoms with Gasteiger partial charge in [-0.1, -0.05) is 35.0 Å². The van der Waals surface area contributed by atoms with Gasteiger partial charge in [-0.15, -0.1) is 0 Å². The average molecular weight is 436 g/mol. The second-order valence-corrected chi connectivity index (χ2v) is 7.82. The highest BCUT2D eigenvalue weighted by Gasteiger charge is 2.24. The number of benzene rings is 2. The smallest absolute Gasteiger partial charge is 0.273 e. The van der Waals surface area contributed by atoms with Crippen molar-refractivity contribution < 1.29 is 18.8 Å². The van der Waals surface area contributed by atoms with Crippen molar-refractivity contribution in [1.82, 2.24) is 15.4 Å². The van der Waals surface area contributed by atoms with E-state index in [0.717, 1.165) is 24.4 Å². The largest absolute Gasteiger partial charge is 0.494 e. The highest BCUT2D eigenvalue weighted by molar-refractivity contribution is 5.93. The molecule has 0 aliphatic carbocycles. The van der Waals surface area contributed by atoms with E-state index in [1.54, 1.807) is 6.07 Å². The molecule has 7 heteroatoms. The molecular weight excluding hydrogens is 406 g/mol. The molecule has 1 aliphatic heterocycles. The summed E-state index contributed by atoms with van der Waals surface area (Å²) in [6.07, 6.45) is 0. The number of hydrogen-bond donors (Lipinski definition) is 1. The number of aryl methyl sites for hydroxylation is 1. The maximum Gasteiger partial charge on any atom is 0.273 e. The lowest BCUT2D eigenvalue weighted by Gasteiger charge is -2.35. The summed E-state index contributed by atoms with van der Waals surface area (Å²) >= 11 is 0. The number of ether oxygens (including phenoxy) is 2. The van der Waals surface area contributed by atoms with E-state index >= 15 is 0 Å². The summed E-state index contributed by atoms with van der Waals surface area (Å²) in [5.41, 5.74) is 3.49. The van der Waals surface area contributed by atoms with Crippen molar-refractivity contribution in [2.45, 2.75) is 19.9 Å². The molecule has 2 heterocycles. The maximum absolute atomic E-state index is 12.8. The van der Waals surface area contributed by atoms with Crippen LogP contribution in [0.4, 0.5) is 0 Å². The van der Waals surface area contributed by atoms with E-state index in [9.17, 15) is 4.79 Å². The first-order valence-corrected chi connectivity index (χ1v) is 11.0. The molecule has 1 atom stereocenters. The Hall–Kier alpha value is -3.16. The molecule has 0 bridgehead atoms. The van der Waals surface area contributed by atoms with Crippen LogP contribution in [-0.4, -0.2) is 55.4 Å². The Labute approximate surface area is 188 Å². The van der Waals surface area contributed by atoms with Crippen LogP contribution in [0.5, 0.6) is 5.75 Å². The SMILES string of the molecule is CCOc1ccc(-c2cc(C(=O)NC[C@H](c3ccc(C)cc3)N3CCOCC3)no2)cc1. The monoisotopic (exact) mass is 435 g/mol. The van der Waals surface area contributed by atoms with E-state index in [0.29, 0.717) is 32.1 Å². The van der Waals surface area contributed by atoms with E-state index in [1.807, 2.05) is 31.2 Å². The van der Waals surface area contributed by atoms with Gasteiger partial charge in [-0.2, -0.15) is 0 Å². The van der Waals surface area contributed by atoms with Crippen LogP contribution in [0.15, 0.2) is 59.1 Å². The first-order chi connectivity index (χ1) is 15.6. The topological polar surface area (TPSA) is 76.8 Å². The third kappa shape index (κ3) is 5.36. The Kier molecular flexibility index (Phi) is 7.19. The van der Waals surface area contributed by atoms with Crippen LogP contribution in [0.25, 0.3) is 11.3 Å². The summed E-state index contributed by atoms with van der Waals surface area (Å²) in [5, 5.41) is 7.01. The minimum Gasteiger partial charge on any atom is -0.494 e. The molecule has 1 N–H and O–H groups in total. The molecule has 32 heavy (non-hydrogen) atoms. The molecule has 1 saturated heterocycles. The molecule has 168 valence electrons. The molecule has 0 spiro atoms. The van der Waals surface area contributed by atoms with Gasteiger partial charge in [0.1, 0.15) is 5.75 Å². The van der Waals surface area contributed by atoms with Gasteiger partial charge in [-0.25, -0.2) is 0 Å². The van der Waals surface area contributed by atoms with Crippen molar-refractivity contribution >= 4 is 5.91 Å². The van der Waals surface area contributed by atoms with Crippen molar-refractivity contribution in [3.8, 4) is 17.1 Å². The lowest BCUT2D eigenvalue weighted by atomic mass is 10.0. The summed E-state index contributed by atoms with van der Waals surface area (Å²) in [4.78, 5) is 15.2. The van der Waals surface area contributed by atoms with Crippen molar-refractivity contribution in [2.75, 3.05) is 39.5 Å². The zero-order valence-electron chi connectivity index (χ0n) is 18.5. The van der Waals surface area contributed by atoms with Gasteiger partial charge >= 0.3 is 0 Å². The molecule has 0 saturated carbocycles. The molecule has 1 fully saturated rings. The van der Waals surface area contributed by atoms with E-state index < -0.39 is 0 Å². The second kappa shape index (κ2) is 10.4. The van der Waals surface area contributed by atoms with E-state index in [-0.39, 0.29) is 17.6 Å². The van der Waals surface area contributed by atoms with Crippen LogP contribution >= 0.6 is 0 Å². The normalized spacial score (nSPS) is 15.3. The number of hydrogen-bond acceptors (Lipinski definition) is 6. The number of aromatic nitrogens is 1. The zero-order chi connectivity index (χ0) is 22.3. The number of carbonyl (C=O) groups excluding carboxylic acids is 1. The van der Waals surface area contributed by atoms with Crippen molar-refractivity contribution in [2.24, 2.45) is 0 Å². The first-order valence-electron chi connectivity index (χ1n) is 11.0. The Morgan fingerprint density at radius 1 is 1.12 bits per heavy atom. The van der Waals surface area contributed by atoms with Gasteiger partial charge in [-0.05, 0) is 43.7 Å². The molecule has 1 aliphatic rings. The summed E-state index contributed by atoms with van der Waals surface area (Å²) in [7, 11) is 0. The van der Waals surface area contributed by atoms with Crippen molar-refractivity contribution in [3.05, 3.63) is 71.4 Å². The number of nitrogens with zero attached hydrogens (tertiary/aromatic N) is 2. The van der Waals surface area contributed by atoms with Gasteiger partial charge in [0.05, 0.1) is 25.9 Å². The highest BCUT2D eigenvalue weighted by atomic mass is 16.5. The molecule has 0 unspecified atom stereocenters. The second-order valence-electron chi connectivity index (χ2n) is 7.82. The molecule has 2 aromatic carbocycles. The highest BCUT2D eigenvalue weighted by Crippen LogP contribution is 2.24. The fraction of sp³-hybridized carbons (Fsp3) is 0.360. The van der Waals surface area contributed by atoms with Crippen LogP contribution in [-0.2, 0) is 4.74 Å². The molecule has 4 rings (SSSR count). The Bertz CT molecular complexity index is 1010. The fourth-order valence-electron chi connectivity index (χ4n) is 3.82. The van der Waals surface area contributed by atoms with E-state index in [4.69, 9.17) is 14.0 Å². The average Bonchev–Trinajstić information content (AvgIpc) is 3.32. The summed E-state index contributed by atoms with van der Waals surface area (Å²) < 4.78 is 16.4. The lowest BCUT2D eigenvalue weighted by Crippen LogP contribution is -2.43. The van der Waals surface area contributed by atoms with Gasteiger partial charge < -0.3 is 19.3 Å². The Morgan fingerprint density at radius 3 is 2.53 bits per heavy atom. The van der Waals surface area contributed by atoms with Crippen molar-refractivity contribution in [3.63, 3.8) is 0 Å². The minimum atomic E-state index is -0.253. The predicted molar refractivity (Wildman–Crippen MR) is 122 cm³/mol. The van der Waals surface area contributed by atoms with Crippen LogP contribution in [0.3, 0.4) is 0 Å². The number of carbonyl (C=O) groups is 1. The number of amides is 1. The van der Waals surface area contributed by atoms with Crippen LogP contribution in [0.1, 0.15) is 34.6 Å². The third-order valence-electron chi connectivity index (χ3n) is 5.60. The standard InChI is InChI=1S/C25H29N3O4/c1-3-31-21-10-8-20(9-11-21)24-16-22(27-32-24)25(29)26-17-23(28-12-14-30-15-13-28)19-6-4-18(2)5-7-19/h4-11,16,23H,3,12-15,17H2,1-2H3,(H,26,29)/t23-/m1/s1. The number of morpholine rings is 1. The maximum atomic E-state index is 12.8. The van der Waals surface area contributed by atoms with Crippen LogP contribution in [0, 0.1) is 6.92 Å². The van der Waals surface area contributed by atoms with Gasteiger partial charge in [0.15, 0.2) is 11.5 Å². The van der Waals surface area contributed by atoms with Gasteiger partial charge in [0.25, 0.3) is 5.91 Å². The van der Waals surface area contributed by atoms with Gasteiger partial charge in [0.2, 0.25) is 0 Å². The van der Waals surface area contributed by atoms with Crippen molar-refractivity contribution in [1.29, 1.82) is 0 Å². The summed E-state index contributed by atoms with van der Waals surface area (Å²) in [6, 6.07) is 17.7. The van der Waals surface area contributed by atoms with E-state index in [2.05, 4.69) is 46.6 Å². The van der Waals surface area contributed by atoms with E-state index in [1.165, 1.54) is 11.1 Å². The molecule has 0 radical (unpaired) electrons. The minimum absolute atomic E-state index is 0.0703. The molecule has 1 aromatic heterocycles. The number of nitrogens with one attached hydrogen (secondary N) is 1. The lowest BCUT2D eigenvalue weighted by molar-refractivity contribution is 0.0162. The quantitative estimate of drug-likeness (QED) is 0.579. The molecule has 1 amide bonds. The summed E-state index contributed by atoms with van der Waals surface area (Å²) in [6.45, 7) is 8.17. The molecular formula is C25H29N3O4. The first kappa shape index (κ1) is 22.0. The fourth-order valence-corrected chi connectivity index (χ4v) is 3.82. The van der Waals surface area contributed by atoms with Crippen LogP contribution < -0.4 is 10.1 Å². The number of rotatable bonds is 8.